The van der Waals surface area contributed by atoms with Crippen LogP contribution in [0.3, 0.4) is 0 Å². The van der Waals surface area contributed by atoms with Crippen LogP contribution in [0.2, 0.25) is 0 Å². The van der Waals surface area contributed by atoms with Gasteiger partial charge in [0.25, 0.3) is 0 Å². The van der Waals surface area contributed by atoms with Gasteiger partial charge in [0.05, 0.1) is 18.4 Å². The number of hydrogen-bond acceptors (Lipinski definition) is 9. The Morgan fingerprint density at radius 2 is 1.96 bits per heavy atom. The van der Waals surface area contributed by atoms with Gasteiger partial charge in [0.2, 0.25) is 5.91 Å². The average Bonchev–Trinajstić information content (AvgIpc) is 3.63. The summed E-state index contributed by atoms with van der Waals surface area (Å²) in [6.07, 6.45) is -0.365. The number of nitriles is 1. The Kier molecular flexibility index (Phi) is 8.62. The third-order valence-corrected chi connectivity index (χ3v) is 12.5. The third kappa shape index (κ3) is 6.05. The number of carbonyl (C=O) groups excluding carboxylic acids is 1. The fraction of sp³-hybridized carbons (Fsp3) is 0.543. The molecule has 3 saturated carbocycles. The summed E-state index contributed by atoms with van der Waals surface area (Å²) < 4.78 is 41.0. The summed E-state index contributed by atoms with van der Waals surface area (Å²) in [5, 5.41) is 30.8. The van der Waals surface area contributed by atoms with Crippen molar-refractivity contribution in [1.29, 1.82) is 5.26 Å². The molecule has 3 aromatic heterocycles. The van der Waals surface area contributed by atoms with Gasteiger partial charge in [0.1, 0.15) is 34.8 Å². The summed E-state index contributed by atoms with van der Waals surface area (Å²) >= 11 is 1.06. The molecule has 1 aliphatic heterocycles. The van der Waals surface area contributed by atoms with Gasteiger partial charge < -0.3 is 25.6 Å². The minimum absolute atomic E-state index is 0.0243. The topological polar surface area (TPSA) is 131 Å². The second-order valence-electron chi connectivity index (χ2n) is 14.3. The molecular weight excluding hydrogens is 654 g/mol. The molecule has 10 nitrogen and oxygen atoms in total. The number of carbonyl (C=O) groups is 1. The molecule has 4 aromatic rings. The van der Waals surface area contributed by atoms with Crippen molar-refractivity contribution in [3.05, 3.63) is 52.3 Å². The number of piperidine rings is 1. The summed E-state index contributed by atoms with van der Waals surface area (Å²) in [7, 11) is 1.66. The third-order valence-electron chi connectivity index (χ3n) is 11.4. The number of anilines is 1. The molecule has 4 fully saturated rings. The number of nitrogens with one attached hydrogen (secondary N) is 3. The molecule has 4 N–H and O–H groups in total. The molecule has 4 heterocycles. The Labute approximate surface area is 286 Å². The van der Waals surface area contributed by atoms with E-state index in [4.69, 9.17) is 0 Å². The molecule has 0 spiro atoms. The Balaban J connectivity index is 0.987. The van der Waals surface area contributed by atoms with Crippen LogP contribution in [0, 0.1) is 29.6 Å². The summed E-state index contributed by atoms with van der Waals surface area (Å²) in [4.78, 5) is 24.4. The van der Waals surface area contributed by atoms with Gasteiger partial charge in [-0.2, -0.15) is 18.4 Å². The fourth-order valence-corrected chi connectivity index (χ4v) is 9.50. The van der Waals surface area contributed by atoms with Gasteiger partial charge in [0, 0.05) is 53.5 Å². The highest BCUT2D eigenvalue weighted by Crippen LogP contribution is 2.72. The number of benzene rings is 1. The molecule has 0 radical (unpaired) electrons. The minimum Gasteiger partial charge on any atom is -0.394 e. The van der Waals surface area contributed by atoms with Crippen molar-refractivity contribution in [2.45, 2.75) is 82.8 Å². The molecule has 14 heteroatoms. The quantitative estimate of drug-likeness (QED) is 0.175. The molecule has 260 valence electrons. The molecular formula is C35H41F3N8O2S. The van der Waals surface area contributed by atoms with Crippen molar-refractivity contribution in [1.82, 2.24) is 30.1 Å². The first kappa shape index (κ1) is 33.7. The van der Waals surface area contributed by atoms with E-state index >= 15 is 0 Å². The molecule has 2 atom stereocenters. The number of nitrogens with zero attached hydrogens (tertiary/aromatic N) is 5. The van der Waals surface area contributed by atoms with Crippen LogP contribution in [0.5, 0.6) is 0 Å². The number of halogens is 3. The molecule has 1 aromatic carbocycles. The Hall–Kier alpha value is -3.77. The second-order valence-corrected chi connectivity index (χ2v) is 15.4. The normalized spacial score (nSPS) is 24.7. The van der Waals surface area contributed by atoms with Crippen LogP contribution >= 0.6 is 11.3 Å². The van der Waals surface area contributed by atoms with Gasteiger partial charge in [0.15, 0.2) is 0 Å². The first-order chi connectivity index (χ1) is 23.4. The van der Waals surface area contributed by atoms with Crippen LogP contribution in [0.1, 0.15) is 54.3 Å². The summed E-state index contributed by atoms with van der Waals surface area (Å²) in [5.41, 5.74) is 3.86. The Morgan fingerprint density at radius 1 is 1.20 bits per heavy atom. The van der Waals surface area contributed by atoms with Gasteiger partial charge in [-0.1, -0.05) is 13.0 Å². The fourth-order valence-electron chi connectivity index (χ4n) is 8.47. The predicted octanol–water partition coefficient (Wildman–Crippen LogP) is 4.87. The number of aliphatic hydroxyl groups excluding tert-OH is 1. The molecule has 1 saturated heterocycles. The molecule has 8 rings (SSSR count). The molecule has 3 aliphatic carbocycles. The van der Waals surface area contributed by atoms with E-state index in [-0.39, 0.29) is 40.3 Å². The first-order valence-corrected chi connectivity index (χ1v) is 17.6. The number of hydrogen-bond donors (Lipinski definition) is 4. The zero-order chi connectivity index (χ0) is 34.7. The molecule has 49 heavy (non-hydrogen) atoms. The summed E-state index contributed by atoms with van der Waals surface area (Å²) in [6, 6.07) is 9.81. The monoisotopic (exact) mass is 694 g/mol. The smallest absolute Gasteiger partial charge is 0.393 e. The van der Waals surface area contributed by atoms with Crippen LogP contribution < -0.4 is 16.0 Å². The molecule has 2 bridgehead atoms. The van der Waals surface area contributed by atoms with E-state index in [0.29, 0.717) is 21.7 Å². The highest BCUT2D eigenvalue weighted by Gasteiger charge is 2.74. The molecule has 1 amide bonds. The predicted molar refractivity (Wildman–Crippen MR) is 182 cm³/mol. The number of fused-ring (bicyclic) bond motifs is 2. The summed E-state index contributed by atoms with van der Waals surface area (Å²) in [6.45, 7) is 7.28. The van der Waals surface area contributed by atoms with E-state index in [1.54, 1.807) is 13.1 Å². The van der Waals surface area contributed by atoms with Gasteiger partial charge in [-0.3, -0.25) is 9.69 Å². The van der Waals surface area contributed by atoms with Gasteiger partial charge in [-0.25, -0.2) is 9.97 Å². The number of likely N-dealkylation sites (tertiary alicyclic amines) is 1. The number of thiophene rings is 1. The van der Waals surface area contributed by atoms with Crippen molar-refractivity contribution < 1.29 is 23.1 Å². The first-order valence-electron chi connectivity index (χ1n) is 16.8. The zero-order valence-electron chi connectivity index (χ0n) is 27.8. The van der Waals surface area contributed by atoms with Crippen LogP contribution in [-0.2, 0) is 24.3 Å². The number of aromatic nitrogens is 3. The minimum atomic E-state index is -4.27. The standard InChI is InChI=1S/C35H41F3N8O2S/c1-20-22(14-45-8-6-23(7-9-45)43-30-27-11-25(12-35(36,37)38)49-32(27)42-19-41-30)4-5-29-26(20)10-24(13-39)46(29)18-33-16-34(17-33,21(33)2)44-31(48)28(15-47)40-3/h4-5,10-11,19,21,23,28,40,47H,6-9,12,14-18H2,1-3H3,(H,44,48)(H,41,42,43)/t21-,28?,33?,34?/m0/s1. The SMILES string of the molecule is CNC(CO)C(=O)NC12CC(Cn3c(C#N)cc4c(C)c(CN5CCC(Nc6ncnc7sc(CC(F)(F)F)cc67)CC5)ccc43)(C1)[C@@H]2C. The zero-order valence-corrected chi connectivity index (χ0v) is 28.6. The van der Waals surface area contributed by atoms with Crippen molar-refractivity contribution in [2.75, 3.05) is 32.1 Å². The lowest BCUT2D eigenvalue weighted by Crippen LogP contribution is -2.82. The van der Waals surface area contributed by atoms with Crippen LogP contribution in [-0.4, -0.2) is 81.0 Å². The molecule has 1 unspecified atom stereocenters. The van der Waals surface area contributed by atoms with E-state index in [1.807, 2.05) is 6.07 Å². The lowest BCUT2D eigenvalue weighted by molar-refractivity contribution is -0.228. The highest BCUT2D eigenvalue weighted by atomic mass is 32.1. The number of likely N-dealkylation sites (N-methyl/N-ethyl adjacent to an activating group) is 1. The number of aliphatic hydroxyl groups is 1. The highest BCUT2D eigenvalue weighted by molar-refractivity contribution is 7.18. The van der Waals surface area contributed by atoms with Gasteiger partial charge >= 0.3 is 6.18 Å². The molecule has 4 aliphatic rings. The number of amides is 1. The van der Waals surface area contributed by atoms with Gasteiger partial charge in [-0.05, 0) is 80.3 Å². The number of aryl methyl sites for hydroxylation is 1. The van der Waals surface area contributed by atoms with E-state index in [2.05, 4.69) is 67.4 Å². The van der Waals surface area contributed by atoms with Crippen molar-refractivity contribution >= 4 is 44.2 Å². The Morgan fingerprint density at radius 3 is 2.61 bits per heavy atom. The van der Waals surface area contributed by atoms with E-state index < -0.39 is 18.6 Å². The van der Waals surface area contributed by atoms with Crippen LogP contribution in [0.4, 0.5) is 19.0 Å². The lowest BCUT2D eigenvalue weighted by atomic mass is 9.33. The van der Waals surface area contributed by atoms with Crippen LogP contribution in [0.25, 0.3) is 21.1 Å². The maximum absolute atomic E-state index is 13.0. The largest absolute Gasteiger partial charge is 0.394 e. The van der Waals surface area contributed by atoms with Crippen molar-refractivity contribution in [2.24, 2.45) is 11.3 Å². The van der Waals surface area contributed by atoms with Crippen molar-refractivity contribution in [3.8, 4) is 6.07 Å². The lowest BCUT2D eigenvalue weighted by Gasteiger charge is -2.76. The number of rotatable bonds is 11. The van der Waals surface area contributed by atoms with Crippen molar-refractivity contribution in [3.63, 3.8) is 0 Å². The number of alkyl halides is 3. The van der Waals surface area contributed by atoms with Gasteiger partial charge in [-0.15, -0.1) is 11.3 Å². The van der Waals surface area contributed by atoms with E-state index in [1.165, 1.54) is 17.5 Å². The van der Waals surface area contributed by atoms with E-state index in [9.17, 15) is 28.3 Å². The Bertz CT molecular complexity index is 1930. The maximum atomic E-state index is 13.0. The second kappa shape index (κ2) is 12.5. The van der Waals surface area contributed by atoms with E-state index in [0.717, 1.165) is 74.1 Å². The van der Waals surface area contributed by atoms with Crippen LogP contribution in [0.15, 0.2) is 30.6 Å². The average molecular weight is 695 g/mol. The summed E-state index contributed by atoms with van der Waals surface area (Å²) in [5.74, 6) is 0.675. The maximum Gasteiger partial charge on any atom is 0.393 e.